The Morgan fingerprint density at radius 2 is 2.20 bits per heavy atom. The molecule has 0 amide bonds. The maximum atomic E-state index is 10.8. The second-order valence-corrected chi connectivity index (χ2v) is 3.54. The van der Waals surface area contributed by atoms with E-state index in [2.05, 4.69) is 4.98 Å². The van der Waals surface area contributed by atoms with Crippen LogP contribution in [0.5, 0.6) is 5.75 Å². The van der Waals surface area contributed by atoms with Crippen LogP contribution in [0.1, 0.15) is 12.5 Å². The van der Waals surface area contributed by atoms with Gasteiger partial charge in [0, 0.05) is 6.07 Å². The molecule has 0 N–H and O–H groups in total. The van der Waals surface area contributed by atoms with Crippen LogP contribution in [0.15, 0.2) is 12.1 Å². The number of rotatable bonds is 3. The number of carbonyl (C=O) groups excluding carboxylic acids is 1. The van der Waals surface area contributed by atoms with Crippen molar-refractivity contribution in [3.05, 3.63) is 28.0 Å². The van der Waals surface area contributed by atoms with Crippen LogP contribution in [0.3, 0.4) is 0 Å². The number of aromatic nitrogens is 1. The van der Waals surface area contributed by atoms with Crippen LogP contribution in [-0.2, 0) is 4.79 Å². The molecule has 0 bridgehead atoms. The highest BCUT2D eigenvalue weighted by atomic mass is 35.5. The van der Waals surface area contributed by atoms with Gasteiger partial charge >= 0.3 is 0 Å². The van der Waals surface area contributed by atoms with E-state index in [1.165, 1.54) is 26.2 Å². The fourth-order valence-corrected chi connectivity index (χ4v) is 1.47. The van der Waals surface area contributed by atoms with Crippen LogP contribution in [0, 0.1) is 0 Å². The molecule has 1 aromatic heterocycles. The van der Waals surface area contributed by atoms with Crippen LogP contribution in [-0.4, -0.2) is 17.9 Å². The van der Waals surface area contributed by atoms with Crippen LogP contribution < -0.4 is 4.74 Å². The van der Waals surface area contributed by atoms with Gasteiger partial charge in [-0.3, -0.25) is 4.79 Å². The summed E-state index contributed by atoms with van der Waals surface area (Å²) in [5.74, 6) is 0.403. The van der Waals surface area contributed by atoms with Crippen LogP contribution in [0.25, 0.3) is 6.08 Å². The van der Waals surface area contributed by atoms with Crippen molar-refractivity contribution in [1.82, 2.24) is 4.98 Å². The molecule has 80 valence electrons. The molecule has 0 radical (unpaired) electrons. The minimum absolute atomic E-state index is 0.0805. The molecule has 0 fully saturated rings. The highest BCUT2D eigenvalue weighted by molar-refractivity contribution is 6.33. The first kappa shape index (κ1) is 12.0. The summed E-state index contributed by atoms with van der Waals surface area (Å²) < 4.78 is 5.07. The zero-order valence-electron chi connectivity index (χ0n) is 8.25. The first-order valence-electron chi connectivity index (χ1n) is 4.13. The topological polar surface area (TPSA) is 39.2 Å². The number of ketones is 1. The number of hydrogen-bond acceptors (Lipinski definition) is 3. The molecule has 3 nitrogen and oxygen atoms in total. The molecule has 0 saturated heterocycles. The summed E-state index contributed by atoms with van der Waals surface area (Å²) in [5.41, 5.74) is 0.541. The molecule has 0 spiro atoms. The lowest BCUT2D eigenvalue weighted by molar-refractivity contribution is -0.112. The van der Waals surface area contributed by atoms with Gasteiger partial charge in [0.1, 0.15) is 16.1 Å². The summed E-state index contributed by atoms with van der Waals surface area (Å²) >= 11 is 11.6. The molecule has 0 aromatic carbocycles. The van der Waals surface area contributed by atoms with Crippen molar-refractivity contribution < 1.29 is 9.53 Å². The van der Waals surface area contributed by atoms with Crippen molar-refractivity contribution in [2.45, 2.75) is 6.92 Å². The first-order valence-corrected chi connectivity index (χ1v) is 4.89. The van der Waals surface area contributed by atoms with Crippen molar-refractivity contribution in [3.8, 4) is 5.75 Å². The average molecular weight is 246 g/mol. The molecule has 1 rings (SSSR count). The average Bonchev–Trinajstić information content (AvgIpc) is 2.14. The quantitative estimate of drug-likeness (QED) is 0.607. The number of carbonyl (C=O) groups is 1. The maximum absolute atomic E-state index is 10.8. The molecule has 0 atom stereocenters. The van der Waals surface area contributed by atoms with Gasteiger partial charge in [-0.05, 0) is 19.1 Å². The Bertz CT molecular complexity index is 416. The Hall–Kier alpha value is -1.06. The molecule has 1 heterocycles. The van der Waals surface area contributed by atoms with E-state index < -0.39 is 0 Å². The summed E-state index contributed by atoms with van der Waals surface area (Å²) in [4.78, 5) is 14.6. The van der Waals surface area contributed by atoms with Gasteiger partial charge in [-0.1, -0.05) is 23.2 Å². The predicted octanol–water partition coefficient (Wildman–Crippen LogP) is 3.00. The van der Waals surface area contributed by atoms with Gasteiger partial charge in [-0.15, -0.1) is 0 Å². The molecule has 1 aromatic rings. The van der Waals surface area contributed by atoms with E-state index in [0.29, 0.717) is 11.3 Å². The third kappa shape index (κ3) is 3.22. The first-order chi connectivity index (χ1) is 7.04. The van der Waals surface area contributed by atoms with Crippen molar-refractivity contribution in [1.29, 1.82) is 0 Å². The fraction of sp³-hybridized carbons (Fsp3) is 0.200. The molecule has 5 heteroatoms. The number of hydrogen-bond donors (Lipinski definition) is 0. The normalized spacial score (nSPS) is 10.7. The Morgan fingerprint density at radius 3 is 2.73 bits per heavy atom. The van der Waals surface area contributed by atoms with Crippen LogP contribution in [0.2, 0.25) is 10.3 Å². The zero-order chi connectivity index (χ0) is 11.4. The van der Waals surface area contributed by atoms with E-state index in [9.17, 15) is 4.79 Å². The predicted molar refractivity (Wildman–Crippen MR) is 60.5 cm³/mol. The van der Waals surface area contributed by atoms with Crippen LogP contribution >= 0.6 is 23.2 Å². The smallest absolute Gasteiger partial charge is 0.152 e. The Morgan fingerprint density at radius 1 is 1.53 bits per heavy atom. The second-order valence-electron chi connectivity index (χ2n) is 2.80. The standard InChI is InChI=1S/C10H9Cl2NO2/c1-6(14)3-4-7-8(15-2)5-9(11)13-10(7)12/h3-5H,1-2H3/b4-3+. The van der Waals surface area contributed by atoms with E-state index in [-0.39, 0.29) is 16.1 Å². The third-order valence-corrected chi connectivity index (χ3v) is 2.13. The second kappa shape index (κ2) is 5.14. The minimum atomic E-state index is -0.0805. The van der Waals surface area contributed by atoms with E-state index in [4.69, 9.17) is 27.9 Å². The molecule has 0 aliphatic heterocycles. The van der Waals surface area contributed by atoms with Crippen molar-refractivity contribution in [2.24, 2.45) is 0 Å². The monoisotopic (exact) mass is 245 g/mol. The summed E-state index contributed by atoms with van der Waals surface area (Å²) in [5, 5.41) is 0.452. The van der Waals surface area contributed by atoms with Gasteiger partial charge in [0.2, 0.25) is 0 Å². The van der Waals surface area contributed by atoms with Crippen molar-refractivity contribution in [2.75, 3.05) is 7.11 Å². The minimum Gasteiger partial charge on any atom is -0.496 e. The van der Waals surface area contributed by atoms with Crippen molar-refractivity contribution in [3.63, 3.8) is 0 Å². The Balaban J connectivity index is 3.20. The highest BCUT2D eigenvalue weighted by Crippen LogP contribution is 2.28. The Labute approximate surface area is 97.7 Å². The lowest BCUT2D eigenvalue weighted by atomic mass is 10.2. The van der Waals surface area contributed by atoms with E-state index >= 15 is 0 Å². The molecule has 0 aliphatic rings. The number of pyridine rings is 1. The van der Waals surface area contributed by atoms with Gasteiger partial charge in [0.15, 0.2) is 5.78 Å². The SMILES string of the molecule is COc1cc(Cl)nc(Cl)c1/C=C/C(C)=O. The lowest BCUT2D eigenvalue weighted by Gasteiger charge is -2.06. The molecule has 0 unspecified atom stereocenters. The third-order valence-electron chi connectivity index (χ3n) is 1.65. The lowest BCUT2D eigenvalue weighted by Crippen LogP contribution is -1.92. The summed E-state index contributed by atoms with van der Waals surface area (Å²) in [6, 6.07) is 1.53. The summed E-state index contributed by atoms with van der Waals surface area (Å²) in [6.07, 6.45) is 2.94. The van der Waals surface area contributed by atoms with Gasteiger partial charge in [-0.25, -0.2) is 4.98 Å². The fourth-order valence-electron chi connectivity index (χ4n) is 0.994. The summed E-state index contributed by atoms with van der Waals surface area (Å²) in [6.45, 7) is 1.44. The molecule has 0 aliphatic carbocycles. The van der Waals surface area contributed by atoms with Crippen molar-refractivity contribution >= 4 is 35.1 Å². The van der Waals surface area contributed by atoms with Gasteiger partial charge in [0.05, 0.1) is 12.7 Å². The van der Waals surface area contributed by atoms with Crippen LogP contribution in [0.4, 0.5) is 0 Å². The van der Waals surface area contributed by atoms with E-state index in [0.717, 1.165) is 0 Å². The number of methoxy groups -OCH3 is 1. The molecule has 0 saturated carbocycles. The number of halogens is 2. The number of allylic oxidation sites excluding steroid dienone is 1. The largest absolute Gasteiger partial charge is 0.496 e. The van der Waals surface area contributed by atoms with E-state index in [1.807, 2.05) is 0 Å². The van der Waals surface area contributed by atoms with Gasteiger partial charge in [0.25, 0.3) is 0 Å². The molecular formula is C10H9Cl2NO2. The number of nitrogens with zero attached hydrogens (tertiary/aromatic N) is 1. The highest BCUT2D eigenvalue weighted by Gasteiger charge is 2.08. The number of ether oxygens (including phenoxy) is 1. The Kier molecular flexibility index (Phi) is 4.12. The summed E-state index contributed by atoms with van der Waals surface area (Å²) in [7, 11) is 1.49. The maximum Gasteiger partial charge on any atom is 0.152 e. The molecular weight excluding hydrogens is 237 g/mol. The molecule has 15 heavy (non-hydrogen) atoms. The van der Waals surface area contributed by atoms with Gasteiger partial charge < -0.3 is 4.74 Å². The van der Waals surface area contributed by atoms with Gasteiger partial charge in [-0.2, -0.15) is 0 Å². The van der Waals surface area contributed by atoms with E-state index in [1.54, 1.807) is 6.08 Å². The zero-order valence-corrected chi connectivity index (χ0v) is 9.76.